The van der Waals surface area contributed by atoms with Gasteiger partial charge in [-0.15, -0.1) is 0 Å². The van der Waals surface area contributed by atoms with Gasteiger partial charge in [0.05, 0.1) is 0 Å². The number of fused-ring (bicyclic) bond motifs is 1. The van der Waals surface area contributed by atoms with E-state index < -0.39 is 44.7 Å². The molecule has 1 atom stereocenters. The van der Waals surface area contributed by atoms with Gasteiger partial charge in [-0.1, -0.05) is 12.2 Å². The molecule has 3 rings (SSSR count). The number of benzene rings is 1. The fourth-order valence-corrected chi connectivity index (χ4v) is 5.11. The Balaban J connectivity index is 2.06. The molecule has 0 unspecified atom stereocenters. The Morgan fingerprint density at radius 3 is 2.48 bits per heavy atom. The van der Waals surface area contributed by atoms with Gasteiger partial charge in [0.15, 0.2) is 11.6 Å². The van der Waals surface area contributed by atoms with Crippen molar-refractivity contribution in [3.05, 3.63) is 53.4 Å². The minimum Gasteiger partial charge on any atom is -0.345 e. The van der Waals surface area contributed by atoms with Gasteiger partial charge in [0.25, 0.3) is 5.91 Å². The Morgan fingerprint density at radius 2 is 1.87 bits per heavy atom. The van der Waals surface area contributed by atoms with E-state index in [-0.39, 0.29) is 29.9 Å². The van der Waals surface area contributed by atoms with E-state index in [1.165, 1.54) is 19.2 Å². The van der Waals surface area contributed by atoms with Crippen molar-refractivity contribution in [1.29, 1.82) is 0 Å². The van der Waals surface area contributed by atoms with Crippen molar-refractivity contribution in [1.82, 2.24) is 8.87 Å². The molecule has 0 saturated carbocycles. The zero-order valence-electron chi connectivity index (χ0n) is 16.4. The second-order valence-corrected chi connectivity index (χ2v) is 8.83. The molecule has 12 heteroatoms. The zero-order valence-corrected chi connectivity index (χ0v) is 17.2. The smallest absolute Gasteiger partial charge is 0.345 e. The molecule has 0 bridgehead atoms. The molecular weight excluding hydrogens is 445 g/mol. The van der Waals surface area contributed by atoms with Gasteiger partial charge in [0.1, 0.15) is 16.6 Å². The number of hydrogen-bond acceptors (Lipinski definition) is 3. The molecule has 1 aliphatic rings. The molecule has 2 heterocycles. The highest BCUT2D eigenvalue weighted by Crippen LogP contribution is 2.34. The molecule has 168 valence electrons. The van der Waals surface area contributed by atoms with E-state index >= 15 is 0 Å². The van der Waals surface area contributed by atoms with Crippen molar-refractivity contribution in [3.8, 4) is 0 Å². The van der Waals surface area contributed by atoms with Crippen molar-refractivity contribution in [2.24, 2.45) is 7.05 Å². The first-order chi connectivity index (χ1) is 14.3. The number of aryl methyl sites for hydroxylation is 1. The summed E-state index contributed by atoms with van der Waals surface area (Å²) >= 11 is 0. The lowest BCUT2D eigenvalue weighted by molar-refractivity contribution is -0.166. The highest BCUT2D eigenvalue weighted by molar-refractivity contribution is 7.89. The first kappa shape index (κ1) is 22.9. The number of halogens is 5. The van der Waals surface area contributed by atoms with Gasteiger partial charge in [-0.05, 0) is 25.5 Å². The molecule has 0 radical (unpaired) electrons. The fraction of sp³-hybridized carbons (Fsp3) is 0.316. The second-order valence-electron chi connectivity index (χ2n) is 6.97. The van der Waals surface area contributed by atoms with Crippen LogP contribution in [0.2, 0.25) is 0 Å². The Hall–Kier alpha value is -2.73. The Bertz CT molecular complexity index is 1160. The maximum atomic E-state index is 13.4. The van der Waals surface area contributed by atoms with Crippen LogP contribution in [0.4, 0.5) is 27.6 Å². The summed E-state index contributed by atoms with van der Waals surface area (Å²) in [5.74, 6) is -3.15. The van der Waals surface area contributed by atoms with E-state index in [9.17, 15) is 35.2 Å². The number of alkyl halides is 3. The molecule has 1 aromatic carbocycles. The molecule has 0 aliphatic carbocycles. The predicted molar refractivity (Wildman–Crippen MR) is 103 cm³/mol. The SMILES string of the molecule is C[C@@H](N1CC/C=C\c2c(cn(C)c2C(=O)Nc2ccc(F)c(F)c2)S1(=O)=O)C(F)(F)F. The Morgan fingerprint density at radius 1 is 1.19 bits per heavy atom. The van der Waals surface area contributed by atoms with Crippen LogP contribution < -0.4 is 5.32 Å². The van der Waals surface area contributed by atoms with Crippen LogP contribution in [-0.2, 0) is 17.1 Å². The molecule has 1 amide bonds. The number of sulfonamides is 1. The summed E-state index contributed by atoms with van der Waals surface area (Å²) in [6, 6.07) is 0.402. The highest BCUT2D eigenvalue weighted by atomic mass is 32.2. The van der Waals surface area contributed by atoms with Gasteiger partial charge in [-0.3, -0.25) is 4.79 Å². The van der Waals surface area contributed by atoms with Crippen LogP contribution >= 0.6 is 0 Å². The number of aromatic nitrogens is 1. The number of anilines is 1. The van der Waals surface area contributed by atoms with Crippen LogP contribution in [0.15, 0.2) is 35.4 Å². The number of carbonyl (C=O) groups excluding carboxylic acids is 1. The molecule has 1 N–H and O–H groups in total. The average molecular weight is 463 g/mol. The molecule has 1 aliphatic heterocycles. The minimum atomic E-state index is -4.78. The third kappa shape index (κ3) is 4.35. The van der Waals surface area contributed by atoms with Crippen LogP contribution in [0, 0.1) is 11.6 Å². The fourth-order valence-electron chi connectivity index (χ4n) is 3.24. The molecular formula is C19H18F5N3O3S. The maximum Gasteiger partial charge on any atom is 0.404 e. The van der Waals surface area contributed by atoms with Crippen LogP contribution in [0.1, 0.15) is 29.4 Å². The Labute approximate surface area is 175 Å². The Kier molecular flexibility index (Phi) is 5.98. The molecule has 31 heavy (non-hydrogen) atoms. The number of amides is 1. The largest absolute Gasteiger partial charge is 0.404 e. The average Bonchev–Trinajstić information content (AvgIpc) is 2.99. The summed E-state index contributed by atoms with van der Waals surface area (Å²) in [6.45, 7) is 0.367. The van der Waals surface area contributed by atoms with Gasteiger partial charge < -0.3 is 9.88 Å². The maximum absolute atomic E-state index is 13.4. The van der Waals surface area contributed by atoms with Gasteiger partial charge in [0, 0.05) is 37.1 Å². The lowest BCUT2D eigenvalue weighted by atomic mass is 10.2. The normalized spacial score (nSPS) is 18.5. The molecule has 0 spiro atoms. The summed E-state index contributed by atoms with van der Waals surface area (Å²) in [5, 5.41) is 2.34. The molecule has 6 nitrogen and oxygen atoms in total. The van der Waals surface area contributed by atoms with E-state index in [2.05, 4.69) is 5.32 Å². The molecule has 2 aromatic rings. The first-order valence-electron chi connectivity index (χ1n) is 9.05. The minimum absolute atomic E-state index is 0.00177. The van der Waals surface area contributed by atoms with E-state index in [0.29, 0.717) is 4.31 Å². The third-order valence-electron chi connectivity index (χ3n) is 4.87. The number of hydrogen-bond donors (Lipinski definition) is 1. The topological polar surface area (TPSA) is 71.4 Å². The van der Waals surface area contributed by atoms with E-state index in [1.807, 2.05) is 0 Å². The number of nitrogens with one attached hydrogen (secondary N) is 1. The monoisotopic (exact) mass is 463 g/mol. The van der Waals surface area contributed by atoms with Gasteiger partial charge in [0.2, 0.25) is 10.0 Å². The van der Waals surface area contributed by atoms with Gasteiger partial charge in [-0.25, -0.2) is 17.2 Å². The second kappa shape index (κ2) is 8.08. The van der Waals surface area contributed by atoms with Gasteiger partial charge >= 0.3 is 6.18 Å². The molecule has 1 aromatic heterocycles. The third-order valence-corrected chi connectivity index (χ3v) is 6.87. The predicted octanol–water partition coefficient (Wildman–Crippen LogP) is 3.91. The van der Waals surface area contributed by atoms with Crippen LogP contribution in [-0.4, -0.2) is 42.0 Å². The van der Waals surface area contributed by atoms with Crippen LogP contribution in [0.3, 0.4) is 0 Å². The lowest BCUT2D eigenvalue weighted by Crippen LogP contribution is -2.47. The highest BCUT2D eigenvalue weighted by Gasteiger charge is 2.46. The summed E-state index contributed by atoms with van der Waals surface area (Å²) in [5.41, 5.74) is -0.341. The van der Waals surface area contributed by atoms with Crippen molar-refractivity contribution >= 4 is 27.7 Å². The quantitative estimate of drug-likeness (QED) is 0.702. The van der Waals surface area contributed by atoms with E-state index in [0.717, 1.165) is 35.9 Å². The van der Waals surface area contributed by atoms with E-state index in [1.54, 1.807) is 0 Å². The van der Waals surface area contributed by atoms with E-state index in [4.69, 9.17) is 0 Å². The zero-order chi connectivity index (χ0) is 23.1. The standard InChI is InChI=1S/C19H18F5N3O3S/c1-11(19(22,23)24)27-8-4-3-5-13-16(31(27,29)30)10-26(2)17(13)18(28)25-12-6-7-14(20)15(21)9-12/h3,5-7,9-11H,4,8H2,1-2H3,(H,25,28)/b5-3-/t11-/m1/s1. The van der Waals surface area contributed by atoms with Crippen molar-refractivity contribution in [2.45, 2.75) is 30.5 Å². The van der Waals surface area contributed by atoms with Crippen LogP contribution in [0.25, 0.3) is 6.08 Å². The molecule has 0 saturated heterocycles. The van der Waals surface area contributed by atoms with Gasteiger partial charge in [-0.2, -0.15) is 17.5 Å². The summed E-state index contributed by atoms with van der Waals surface area (Å²) in [7, 11) is -3.24. The van der Waals surface area contributed by atoms with Crippen molar-refractivity contribution in [2.75, 3.05) is 11.9 Å². The lowest BCUT2D eigenvalue weighted by Gasteiger charge is -2.30. The summed E-state index contributed by atoms with van der Waals surface area (Å²) < 4.78 is 93.9. The molecule has 0 fully saturated rings. The first-order valence-corrected chi connectivity index (χ1v) is 10.5. The summed E-state index contributed by atoms with van der Waals surface area (Å²) in [4.78, 5) is 12.3. The van der Waals surface area contributed by atoms with Crippen molar-refractivity contribution in [3.63, 3.8) is 0 Å². The number of nitrogens with zero attached hydrogens (tertiary/aromatic N) is 2. The number of carbonyl (C=O) groups is 1. The van der Waals surface area contributed by atoms with Crippen LogP contribution in [0.5, 0.6) is 0 Å². The number of rotatable bonds is 3. The summed E-state index contributed by atoms with van der Waals surface area (Å²) in [6.07, 6.45) is -0.910. The van der Waals surface area contributed by atoms with Crippen molar-refractivity contribution < 1.29 is 35.2 Å².